The minimum Gasteiger partial charge on any atom is -0.461 e. The van der Waals surface area contributed by atoms with E-state index in [1.165, 1.54) is 0 Å². The molecular weight excluding hydrogens is 378 g/mol. The molecule has 0 aliphatic heterocycles. The zero-order chi connectivity index (χ0) is 19.9. The Hall–Kier alpha value is -3.30. The summed E-state index contributed by atoms with van der Waals surface area (Å²) in [4.78, 5) is 23.9. The quantitative estimate of drug-likeness (QED) is 0.488. The van der Waals surface area contributed by atoms with E-state index in [2.05, 4.69) is 11.4 Å². The number of halogens is 1. The van der Waals surface area contributed by atoms with Crippen LogP contribution in [-0.4, -0.2) is 22.8 Å². The molecule has 2 aromatic heterocycles. The maximum absolute atomic E-state index is 12.0. The van der Waals surface area contributed by atoms with Crippen molar-refractivity contribution in [2.75, 3.05) is 6.54 Å². The molecule has 0 aliphatic carbocycles. The number of hydrogen-bond acceptors (Lipinski definition) is 4. The molecule has 7 heteroatoms. The molecule has 0 saturated carbocycles. The van der Waals surface area contributed by atoms with Gasteiger partial charge in [-0.3, -0.25) is 9.59 Å². The van der Waals surface area contributed by atoms with Crippen molar-refractivity contribution in [1.29, 1.82) is 5.26 Å². The van der Waals surface area contributed by atoms with E-state index in [1.807, 2.05) is 28.8 Å². The van der Waals surface area contributed by atoms with Crippen LogP contribution in [0, 0.1) is 11.3 Å². The minimum absolute atomic E-state index is 0.0422. The minimum atomic E-state index is -0.375. The Kier molecular flexibility index (Phi) is 6.30. The van der Waals surface area contributed by atoms with Gasteiger partial charge in [-0.1, -0.05) is 17.7 Å². The van der Waals surface area contributed by atoms with Gasteiger partial charge in [0.25, 0.3) is 5.91 Å². The Labute approximate surface area is 167 Å². The topological polar surface area (TPSA) is 83.6 Å². The molecule has 0 fully saturated rings. The van der Waals surface area contributed by atoms with E-state index in [4.69, 9.17) is 16.3 Å². The van der Waals surface area contributed by atoms with Gasteiger partial charge in [0.1, 0.15) is 12.7 Å². The Morgan fingerprint density at radius 2 is 1.96 bits per heavy atom. The van der Waals surface area contributed by atoms with Gasteiger partial charge in [0.15, 0.2) is 0 Å². The Morgan fingerprint density at radius 3 is 2.71 bits per heavy atom. The van der Waals surface area contributed by atoms with Gasteiger partial charge in [-0.15, -0.1) is 0 Å². The number of aromatic nitrogens is 1. The van der Waals surface area contributed by atoms with Crippen molar-refractivity contribution >= 4 is 29.0 Å². The van der Waals surface area contributed by atoms with Crippen LogP contribution in [0.3, 0.4) is 0 Å². The molecule has 6 nitrogen and oxygen atoms in total. The maximum atomic E-state index is 12.0. The van der Waals surface area contributed by atoms with Crippen molar-refractivity contribution in [3.63, 3.8) is 0 Å². The monoisotopic (exact) mass is 395 g/mol. The Balaban J connectivity index is 1.43. The van der Waals surface area contributed by atoms with E-state index in [1.54, 1.807) is 30.5 Å². The van der Waals surface area contributed by atoms with Crippen LogP contribution in [0.15, 0.2) is 54.9 Å². The van der Waals surface area contributed by atoms with Crippen molar-refractivity contribution in [2.45, 2.75) is 19.4 Å². The number of hydrogen-bond donors (Lipinski definition) is 1. The van der Waals surface area contributed by atoms with Crippen LogP contribution >= 0.6 is 11.6 Å². The molecule has 28 heavy (non-hydrogen) atoms. The third kappa shape index (κ3) is 4.70. The second-order valence-electron chi connectivity index (χ2n) is 6.16. The number of pyridine rings is 1. The standard InChI is InChI=1S/C21H18ClN3O3/c22-17-8-6-15(7-9-17)21(27)24-10-3-5-20(26)28-14-16-13-25-11-2-1-4-19(25)18(16)12-23/h1-2,4,6-9,11,13H,3,5,10,14H2,(H,24,27). The number of nitriles is 1. The van der Waals surface area contributed by atoms with Gasteiger partial charge in [-0.05, 0) is 42.8 Å². The number of ether oxygens (including phenoxy) is 1. The van der Waals surface area contributed by atoms with Crippen LogP contribution in [0.1, 0.15) is 34.3 Å². The molecule has 1 aromatic carbocycles. The number of esters is 1. The summed E-state index contributed by atoms with van der Waals surface area (Å²) in [6.07, 6.45) is 4.26. The van der Waals surface area contributed by atoms with Gasteiger partial charge in [-0.2, -0.15) is 5.26 Å². The summed E-state index contributed by atoms with van der Waals surface area (Å²) in [6, 6.07) is 14.3. The lowest BCUT2D eigenvalue weighted by Crippen LogP contribution is -2.24. The lowest BCUT2D eigenvalue weighted by Gasteiger charge is -2.06. The molecule has 0 radical (unpaired) electrons. The maximum Gasteiger partial charge on any atom is 0.306 e. The highest BCUT2D eigenvalue weighted by molar-refractivity contribution is 6.30. The fourth-order valence-electron chi connectivity index (χ4n) is 2.78. The number of amides is 1. The largest absolute Gasteiger partial charge is 0.461 e. The van der Waals surface area contributed by atoms with Crippen LogP contribution < -0.4 is 5.32 Å². The summed E-state index contributed by atoms with van der Waals surface area (Å²) in [5, 5.41) is 12.7. The molecule has 0 atom stereocenters. The number of rotatable bonds is 7. The average molecular weight is 396 g/mol. The van der Waals surface area contributed by atoms with Crippen molar-refractivity contribution in [3.8, 4) is 6.07 Å². The van der Waals surface area contributed by atoms with Crippen LogP contribution in [0.25, 0.3) is 5.52 Å². The zero-order valence-corrected chi connectivity index (χ0v) is 15.8. The predicted molar refractivity (Wildman–Crippen MR) is 105 cm³/mol. The molecule has 1 amide bonds. The van der Waals surface area contributed by atoms with Gasteiger partial charge in [0.05, 0.1) is 11.1 Å². The van der Waals surface area contributed by atoms with Gasteiger partial charge in [0, 0.05) is 41.5 Å². The number of nitrogens with one attached hydrogen (secondary N) is 1. The Morgan fingerprint density at radius 1 is 1.18 bits per heavy atom. The van der Waals surface area contributed by atoms with Crippen molar-refractivity contribution in [1.82, 2.24) is 9.72 Å². The number of fused-ring (bicyclic) bond motifs is 1. The average Bonchev–Trinajstić information content (AvgIpc) is 3.07. The van der Waals surface area contributed by atoms with Crippen molar-refractivity contribution in [3.05, 3.63) is 76.6 Å². The van der Waals surface area contributed by atoms with E-state index in [-0.39, 0.29) is 24.9 Å². The molecule has 1 N–H and O–H groups in total. The molecule has 3 aromatic rings. The SMILES string of the molecule is N#Cc1c(COC(=O)CCCNC(=O)c2ccc(Cl)cc2)cn2ccccc12. The summed E-state index contributed by atoms with van der Waals surface area (Å²) in [6.45, 7) is 0.399. The first kappa shape index (κ1) is 19.5. The molecule has 2 heterocycles. The third-order valence-electron chi connectivity index (χ3n) is 4.21. The predicted octanol–water partition coefficient (Wildman–Crippen LogP) is 3.72. The molecular formula is C21H18ClN3O3. The number of carbonyl (C=O) groups is 2. The van der Waals surface area contributed by atoms with Gasteiger partial charge >= 0.3 is 5.97 Å². The molecule has 0 unspecified atom stereocenters. The van der Waals surface area contributed by atoms with Crippen LogP contribution in [0.2, 0.25) is 5.02 Å². The lowest BCUT2D eigenvalue weighted by molar-refractivity contribution is -0.145. The Bertz CT molecular complexity index is 1040. The van der Waals surface area contributed by atoms with E-state index < -0.39 is 0 Å². The highest BCUT2D eigenvalue weighted by Gasteiger charge is 2.12. The van der Waals surface area contributed by atoms with Gasteiger partial charge in [0.2, 0.25) is 0 Å². The molecule has 0 aliphatic rings. The second kappa shape index (κ2) is 9.07. The van der Waals surface area contributed by atoms with E-state index in [9.17, 15) is 14.9 Å². The first-order chi connectivity index (χ1) is 13.6. The number of nitrogens with zero attached hydrogens (tertiary/aromatic N) is 2. The van der Waals surface area contributed by atoms with E-state index in [0.29, 0.717) is 34.7 Å². The van der Waals surface area contributed by atoms with E-state index >= 15 is 0 Å². The fourth-order valence-corrected chi connectivity index (χ4v) is 2.91. The molecule has 0 saturated heterocycles. The third-order valence-corrected chi connectivity index (χ3v) is 4.46. The molecule has 142 valence electrons. The summed E-state index contributed by atoms with van der Waals surface area (Å²) >= 11 is 5.79. The zero-order valence-electron chi connectivity index (χ0n) is 15.0. The first-order valence-corrected chi connectivity index (χ1v) is 9.14. The summed E-state index contributed by atoms with van der Waals surface area (Å²) < 4.78 is 7.10. The number of carbonyl (C=O) groups excluding carboxylic acids is 2. The smallest absolute Gasteiger partial charge is 0.306 e. The summed E-state index contributed by atoms with van der Waals surface area (Å²) in [7, 11) is 0. The first-order valence-electron chi connectivity index (χ1n) is 8.76. The fraction of sp³-hybridized carbons (Fsp3) is 0.190. The van der Waals surface area contributed by atoms with Crippen LogP contribution in [0.5, 0.6) is 0 Å². The van der Waals surface area contributed by atoms with Gasteiger partial charge < -0.3 is 14.5 Å². The summed E-state index contributed by atoms with van der Waals surface area (Å²) in [5.74, 6) is -0.593. The highest BCUT2D eigenvalue weighted by Crippen LogP contribution is 2.18. The van der Waals surface area contributed by atoms with Gasteiger partial charge in [-0.25, -0.2) is 0 Å². The molecule has 3 rings (SSSR count). The van der Waals surface area contributed by atoms with E-state index in [0.717, 1.165) is 5.52 Å². The number of benzene rings is 1. The van der Waals surface area contributed by atoms with Crippen LogP contribution in [0.4, 0.5) is 0 Å². The lowest BCUT2D eigenvalue weighted by atomic mass is 10.2. The van der Waals surface area contributed by atoms with Crippen molar-refractivity contribution in [2.24, 2.45) is 0 Å². The second-order valence-corrected chi connectivity index (χ2v) is 6.60. The normalized spacial score (nSPS) is 10.4. The molecule has 0 spiro atoms. The molecule has 0 bridgehead atoms. The van der Waals surface area contributed by atoms with Crippen LogP contribution in [-0.2, 0) is 16.1 Å². The summed E-state index contributed by atoms with van der Waals surface area (Å²) in [5.41, 5.74) is 2.46. The van der Waals surface area contributed by atoms with Crippen molar-refractivity contribution < 1.29 is 14.3 Å². The highest BCUT2D eigenvalue weighted by atomic mass is 35.5.